The van der Waals surface area contributed by atoms with Crippen LogP contribution in [0.2, 0.25) is 0 Å². The Hall–Kier alpha value is -0.770. The van der Waals surface area contributed by atoms with Crippen molar-refractivity contribution in [3.63, 3.8) is 0 Å². The van der Waals surface area contributed by atoms with Crippen LogP contribution in [0.5, 0.6) is 0 Å². The summed E-state index contributed by atoms with van der Waals surface area (Å²) in [5.41, 5.74) is 0. The van der Waals surface area contributed by atoms with Crippen molar-refractivity contribution in [2.45, 2.75) is 12.5 Å². The van der Waals surface area contributed by atoms with Crippen molar-refractivity contribution >= 4 is 6.03 Å². The second kappa shape index (κ2) is 3.96. The first-order chi connectivity index (χ1) is 6.02. The van der Waals surface area contributed by atoms with Crippen molar-refractivity contribution < 1.29 is 4.79 Å². The zero-order valence-electron chi connectivity index (χ0n) is 8.95. The molecule has 0 saturated carbocycles. The van der Waals surface area contributed by atoms with Crippen LogP contribution in [0.15, 0.2) is 0 Å². The van der Waals surface area contributed by atoms with Gasteiger partial charge in [-0.25, -0.2) is 4.79 Å². The van der Waals surface area contributed by atoms with Gasteiger partial charge < -0.3 is 14.7 Å². The highest BCUT2D eigenvalue weighted by Crippen LogP contribution is 2.13. The monoisotopic (exact) mass is 185 g/mol. The van der Waals surface area contributed by atoms with Crippen LogP contribution in [0.3, 0.4) is 0 Å². The zero-order chi connectivity index (χ0) is 10.0. The highest BCUT2D eigenvalue weighted by Gasteiger charge is 2.26. The Labute approximate surface area is 80.1 Å². The number of carbonyl (C=O) groups is 1. The quantitative estimate of drug-likeness (QED) is 0.587. The molecule has 0 N–H and O–H groups in total. The lowest BCUT2D eigenvalue weighted by atomic mass is 10.2. The maximum absolute atomic E-state index is 11.6. The average Bonchev–Trinajstić information content (AvgIpc) is 2.49. The highest BCUT2D eigenvalue weighted by molar-refractivity contribution is 5.73. The van der Waals surface area contributed by atoms with Crippen molar-refractivity contribution in [2.24, 2.45) is 0 Å². The molecule has 1 atom stereocenters. The van der Waals surface area contributed by atoms with Gasteiger partial charge in [0.15, 0.2) is 0 Å². The van der Waals surface area contributed by atoms with Crippen molar-refractivity contribution in [3.05, 3.63) is 0 Å². The molecule has 0 aromatic heterocycles. The van der Waals surface area contributed by atoms with E-state index in [0.29, 0.717) is 6.04 Å². The Morgan fingerprint density at radius 1 is 1.38 bits per heavy atom. The Morgan fingerprint density at radius 2 is 2.00 bits per heavy atom. The molecule has 0 aromatic carbocycles. The fourth-order valence-electron chi connectivity index (χ4n) is 1.70. The lowest BCUT2D eigenvalue weighted by Gasteiger charge is -2.27. The normalized spacial score (nSPS) is 23.2. The van der Waals surface area contributed by atoms with E-state index in [4.69, 9.17) is 0 Å². The fraction of sp³-hybridized carbons (Fsp3) is 0.889. The molecule has 1 fully saturated rings. The van der Waals surface area contributed by atoms with Crippen LogP contribution >= 0.6 is 0 Å². The predicted octanol–water partition coefficient (Wildman–Crippen LogP) is 0.304. The van der Waals surface area contributed by atoms with E-state index < -0.39 is 0 Å². The smallest absolute Gasteiger partial charge is 0.319 e. The maximum Gasteiger partial charge on any atom is 0.319 e. The Balaban J connectivity index is 2.48. The van der Waals surface area contributed by atoms with Gasteiger partial charge in [0, 0.05) is 33.7 Å². The molecule has 0 unspecified atom stereocenters. The summed E-state index contributed by atoms with van der Waals surface area (Å²) in [6.45, 7) is 2.09. The molecule has 4 nitrogen and oxygen atoms in total. The first-order valence-electron chi connectivity index (χ1n) is 4.65. The van der Waals surface area contributed by atoms with Gasteiger partial charge >= 0.3 is 6.03 Å². The van der Waals surface area contributed by atoms with E-state index in [1.54, 1.807) is 19.0 Å². The summed E-state index contributed by atoms with van der Waals surface area (Å²) in [5.74, 6) is 0. The third-order valence-corrected chi connectivity index (χ3v) is 2.60. The molecule has 4 heteroatoms. The van der Waals surface area contributed by atoms with Crippen molar-refractivity contribution in [2.75, 3.05) is 41.3 Å². The lowest BCUT2D eigenvalue weighted by molar-refractivity contribution is 0.165. The number of carbonyl (C=O) groups excluding carboxylic acids is 1. The molecule has 0 aromatic rings. The van der Waals surface area contributed by atoms with Crippen molar-refractivity contribution in [3.8, 4) is 0 Å². The minimum Gasteiger partial charge on any atom is -0.331 e. The molecule has 13 heavy (non-hydrogen) atoms. The van der Waals surface area contributed by atoms with Gasteiger partial charge in [0.2, 0.25) is 0 Å². The number of nitrogens with zero attached hydrogens (tertiary/aromatic N) is 3. The van der Waals surface area contributed by atoms with Gasteiger partial charge in [-0.15, -0.1) is 0 Å². The molecule has 1 saturated heterocycles. The molecular formula is C9H19N3O. The Kier molecular flexibility index (Phi) is 3.14. The molecule has 1 rings (SSSR count). The van der Waals surface area contributed by atoms with Crippen molar-refractivity contribution in [1.29, 1.82) is 0 Å². The van der Waals surface area contributed by atoms with E-state index in [-0.39, 0.29) is 6.03 Å². The topological polar surface area (TPSA) is 26.8 Å². The van der Waals surface area contributed by atoms with Crippen LogP contribution in [0.1, 0.15) is 6.42 Å². The summed E-state index contributed by atoms with van der Waals surface area (Å²) in [6.07, 6.45) is 1.09. The molecule has 1 aliphatic heterocycles. The predicted molar refractivity (Wildman–Crippen MR) is 52.7 cm³/mol. The van der Waals surface area contributed by atoms with Gasteiger partial charge in [-0.2, -0.15) is 0 Å². The van der Waals surface area contributed by atoms with Crippen molar-refractivity contribution in [1.82, 2.24) is 14.7 Å². The van der Waals surface area contributed by atoms with Gasteiger partial charge in [-0.1, -0.05) is 0 Å². The Bertz CT molecular complexity index is 193. The van der Waals surface area contributed by atoms with E-state index in [1.165, 1.54) is 0 Å². The van der Waals surface area contributed by atoms with Crippen LogP contribution in [-0.2, 0) is 0 Å². The highest BCUT2D eigenvalue weighted by atomic mass is 16.2. The van der Waals surface area contributed by atoms with E-state index in [0.717, 1.165) is 19.5 Å². The van der Waals surface area contributed by atoms with Crippen LogP contribution in [0, 0.1) is 0 Å². The molecule has 2 amide bonds. The summed E-state index contributed by atoms with van der Waals surface area (Å²) < 4.78 is 0. The number of amides is 2. The zero-order valence-corrected chi connectivity index (χ0v) is 8.95. The van der Waals surface area contributed by atoms with Crippen LogP contribution in [0.4, 0.5) is 4.79 Å². The molecule has 0 aliphatic carbocycles. The van der Waals surface area contributed by atoms with E-state index in [2.05, 4.69) is 11.9 Å². The minimum absolute atomic E-state index is 0.0975. The van der Waals surface area contributed by atoms with Gasteiger partial charge in [-0.3, -0.25) is 0 Å². The molecule has 0 spiro atoms. The fourth-order valence-corrected chi connectivity index (χ4v) is 1.70. The van der Waals surface area contributed by atoms with E-state index in [1.807, 2.05) is 11.9 Å². The minimum atomic E-state index is 0.0975. The van der Waals surface area contributed by atoms with E-state index in [9.17, 15) is 4.79 Å². The number of likely N-dealkylation sites (N-methyl/N-ethyl adjacent to an activating group) is 2. The summed E-state index contributed by atoms with van der Waals surface area (Å²) in [6, 6.07) is 0.486. The summed E-state index contributed by atoms with van der Waals surface area (Å²) in [4.78, 5) is 17.3. The average molecular weight is 185 g/mol. The number of hydrogen-bond acceptors (Lipinski definition) is 2. The summed E-state index contributed by atoms with van der Waals surface area (Å²) >= 11 is 0. The first-order valence-corrected chi connectivity index (χ1v) is 4.65. The van der Waals surface area contributed by atoms with Crippen LogP contribution < -0.4 is 0 Å². The number of likely N-dealkylation sites (tertiary alicyclic amines) is 1. The third kappa shape index (κ3) is 2.34. The molecule has 1 aliphatic rings. The molecular weight excluding hydrogens is 166 g/mol. The Morgan fingerprint density at radius 3 is 2.38 bits per heavy atom. The van der Waals surface area contributed by atoms with Gasteiger partial charge in [-0.05, 0) is 20.0 Å². The second-order valence-electron chi connectivity index (χ2n) is 3.99. The number of urea groups is 1. The molecule has 76 valence electrons. The number of rotatable bonds is 1. The van der Waals surface area contributed by atoms with Gasteiger partial charge in [0.25, 0.3) is 0 Å². The van der Waals surface area contributed by atoms with Gasteiger partial charge in [0.05, 0.1) is 0 Å². The summed E-state index contributed by atoms with van der Waals surface area (Å²) in [7, 11) is 7.55. The summed E-state index contributed by atoms with van der Waals surface area (Å²) in [5, 5.41) is 0. The first kappa shape index (κ1) is 10.3. The largest absolute Gasteiger partial charge is 0.331 e. The molecule has 1 heterocycles. The standard InChI is InChI=1S/C9H19N3O/c1-10(2)9(13)12(4)8-5-6-11(3)7-8/h8H,5-7H2,1-4H3/t8-/m1/s1. The third-order valence-electron chi connectivity index (χ3n) is 2.60. The van der Waals surface area contributed by atoms with Gasteiger partial charge in [0.1, 0.15) is 0 Å². The lowest BCUT2D eigenvalue weighted by Crippen LogP contribution is -2.43. The molecule has 0 radical (unpaired) electrons. The van der Waals surface area contributed by atoms with Crippen LogP contribution in [0.25, 0.3) is 0 Å². The maximum atomic E-state index is 11.6. The number of hydrogen-bond donors (Lipinski definition) is 0. The second-order valence-corrected chi connectivity index (χ2v) is 3.99. The molecule has 0 bridgehead atoms. The van der Waals surface area contributed by atoms with E-state index >= 15 is 0 Å². The SMILES string of the molecule is CN1CC[C@@H](N(C)C(=O)N(C)C)C1. The van der Waals surface area contributed by atoms with Crippen LogP contribution in [-0.4, -0.2) is 68.1 Å².